The zero-order valence-corrected chi connectivity index (χ0v) is 6.55. The molecule has 13 heavy (non-hydrogen) atoms. The Morgan fingerprint density at radius 1 is 1.08 bits per heavy atom. The average Bonchev–Trinajstić information content (AvgIpc) is 2.01. The van der Waals surface area contributed by atoms with Gasteiger partial charge in [0.05, 0.1) is 0 Å². The number of rotatable bonds is 2. The lowest BCUT2D eigenvalue weighted by Gasteiger charge is -2.06. The van der Waals surface area contributed by atoms with Gasteiger partial charge in [-0.05, 0) is 6.07 Å². The van der Waals surface area contributed by atoms with Gasteiger partial charge in [0.2, 0.25) is 0 Å². The molecule has 1 aromatic rings. The number of hydrogen-bond acceptors (Lipinski definition) is 0. The maximum Gasteiger partial charge on any atom is 0.502 e. The van der Waals surface area contributed by atoms with Crippen molar-refractivity contribution >= 4 is 13.1 Å². The summed E-state index contributed by atoms with van der Waals surface area (Å²) in [4.78, 5) is 0. The van der Waals surface area contributed by atoms with Crippen molar-refractivity contribution in [1.82, 2.24) is 0 Å². The first-order valence-electron chi connectivity index (χ1n) is 3.63. The molecule has 0 saturated carbocycles. The summed E-state index contributed by atoms with van der Waals surface area (Å²) in [6.45, 7) is -4.99. The van der Waals surface area contributed by atoms with Gasteiger partial charge in [0, 0.05) is 5.56 Å². The van der Waals surface area contributed by atoms with Crippen molar-refractivity contribution in [3.63, 3.8) is 0 Å². The molecule has 0 fully saturated rings. The third-order valence-corrected chi connectivity index (χ3v) is 1.40. The predicted molar refractivity (Wildman–Crippen MR) is 44.5 cm³/mol. The molecular formula is C8H6BF4-. The minimum Gasteiger partial charge on any atom is -0.445 e. The van der Waals surface area contributed by atoms with Crippen molar-refractivity contribution < 1.29 is 17.3 Å². The largest absolute Gasteiger partial charge is 0.502 e. The summed E-state index contributed by atoms with van der Waals surface area (Å²) in [5.41, 5.74) is -0.0540. The maximum absolute atomic E-state index is 12.8. The van der Waals surface area contributed by atoms with Gasteiger partial charge in [-0.15, -0.1) is 5.98 Å². The van der Waals surface area contributed by atoms with Crippen LogP contribution >= 0.6 is 0 Å². The third-order valence-electron chi connectivity index (χ3n) is 1.40. The number of benzene rings is 1. The molecule has 0 aromatic heterocycles. The maximum atomic E-state index is 12.8. The SMILES string of the molecule is Fc1ccccc1/C=C/[B-](F)(F)F. The molecule has 0 atom stereocenters. The van der Waals surface area contributed by atoms with Gasteiger partial charge in [0.15, 0.2) is 0 Å². The van der Waals surface area contributed by atoms with Crippen molar-refractivity contribution in [2.75, 3.05) is 0 Å². The van der Waals surface area contributed by atoms with Crippen LogP contribution in [0.5, 0.6) is 0 Å². The van der Waals surface area contributed by atoms with E-state index in [4.69, 9.17) is 0 Å². The van der Waals surface area contributed by atoms with Gasteiger partial charge in [-0.1, -0.05) is 24.3 Å². The van der Waals surface area contributed by atoms with Crippen LogP contribution in [-0.2, 0) is 0 Å². The van der Waals surface area contributed by atoms with Crippen LogP contribution in [-0.4, -0.2) is 6.98 Å². The summed E-state index contributed by atoms with van der Waals surface area (Å²) in [5, 5.41) is 0. The van der Waals surface area contributed by atoms with Crippen molar-refractivity contribution in [3.05, 3.63) is 41.6 Å². The van der Waals surface area contributed by atoms with E-state index in [0.29, 0.717) is 0 Å². The van der Waals surface area contributed by atoms with Crippen molar-refractivity contribution in [2.24, 2.45) is 0 Å². The summed E-state index contributed by atoms with van der Waals surface area (Å²) in [6, 6.07) is 5.30. The van der Waals surface area contributed by atoms with Crippen molar-refractivity contribution in [2.45, 2.75) is 0 Å². The van der Waals surface area contributed by atoms with Crippen LogP contribution in [0.15, 0.2) is 30.2 Å². The van der Waals surface area contributed by atoms with Gasteiger partial charge in [0.1, 0.15) is 5.82 Å². The lowest BCUT2D eigenvalue weighted by atomic mass is 9.90. The summed E-state index contributed by atoms with van der Waals surface area (Å²) in [5.74, 6) is -0.586. The Morgan fingerprint density at radius 3 is 2.23 bits per heavy atom. The Hall–Kier alpha value is -1.26. The summed E-state index contributed by atoms with van der Waals surface area (Å²) < 4.78 is 47.9. The fourth-order valence-corrected chi connectivity index (χ4v) is 0.823. The Bertz CT molecular complexity index is 316. The zero-order chi connectivity index (χ0) is 9.90. The van der Waals surface area contributed by atoms with E-state index in [1.165, 1.54) is 18.2 Å². The Labute approximate surface area is 72.9 Å². The first kappa shape index (κ1) is 9.83. The van der Waals surface area contributed by atoms with Crippen molar-refractivity contribution in [1.29, 1.82) is 0 Å². The smallest absolute Gasteiger partial charge is 0.445 e. The molecule has 5 heteroatoms. The third kappa shape index (κ3) is 3.31. The van der Waals surface area contributed by atoms with Gasteiger partial charge in [-0.2, -0.15) is 0 Å². The monoisotopic (exact) mass is 189 g/mol. The first-order chi connectivity index (χ1) is 5.99. The van der Waals surface area contributed by atoms with Gasteiger partial charge >= 0.3 is 6.98 Å². The van der Waals surface area contributed by atoms with E-state index in [9.17, 15) is 17.3 Å². The highest BCUT2D eigenvalue weighted by molar-refractivity contribution is 6.64. The molecule has 0 amide bonds. The van der Waals surface area contributed by atoms with E-state index in [0.717, 1.165) is 12.1 Å². The fourth-order valence-electron chi connectivity index (χ4n) is 0.823. The molecule has 0 spiro atoms. The van der Waals surface area contributed by atoms with E-state index in [1.807, 2.05) is 0 Å². The highest BCUT2D eigenvalue weighted by Crippen LogP contribution is 2.14. The molecule has 0 aliphatic heterocycles. The Kier molecular flexibility index (Phi) is 2.75. The first-order valence-corrected chi connectivity index (χ1v) is 3.63. The second-order valence-corrected chi connectivity index (χ2v) is 2.51. The van der Waals surface area contributed by atoms with E-state index >= 15 is 0 Å². The standard InChI is InChI=1S/C8H6BF4/c10-8-4-2-1-3-7(8)5-6-9(11,12)13/h1-6H/q-1/b6-5+. The Balaban J connectivity index is 2.86. The van der Waals surface area contributed by atoms with Crippen LogP contribution < -0.4 is 0 Å². The molecule has 0 nitrogen and oxygen atoms in total. The van der Waals surface area contributed by atoms with Gasteiger partial charge < -0.3 is 12.9 Å². The van der Waals surface area contributed by atoms with Crippen LogP contribution in [0.3, 0.4) is 0 Å². The van der Waals surface area contributed by atoms with E-state index in [-0.39, 0.29) is 11.5 Å². The molecule has 1 rings (SSSR count). The van der Waals surface area contributed by atoms with Gasteiger partial charge in [0.25, 0.3) is 0 Å². The average molecular weight is 189 g/mol. The van der Waals surface area contributed by atoms with Crippen LogP contribution in [0.1, 0.15) is 5.56 Å². The lowest BCUT2D eigenvalue weighted by molar-refractivity contribution is 0.499. The minimum atomic E-state index is -4.99. The molecule has 70 valence electrons. The van der Waals surface area contributed by atoms with Crippen LogP contribution in [0.4, 0.5) is 17.3 Å². The topological polar surface area (TPSA) is 0 Å². The number of hydrogen-bond donors (Lipinski definition) is 0. The minimum absolute atomic E-state index is 0.0540. The second-order valence-electron chi connectivity index (χ2n) is 2.51. The molecule has 0 heterocycles. The molecule has 1 aromatic carbocycles. The van der Waals surface area contributed by atoms with Crippen molar-refractivity contribution in [3.8, 4) is 0 Å². The molecule has 0 saturated heterocycles. The summed E-state index contributed by atoms with van der Waals surface area (Å²) in [7, 11) is 0. The highest BCUT2D eigenvalue weighted by Gasteiger charge is 2.17. The van der Waals surface area contributed by atoms with Crippen LogP contribution in [0, 0.1) is 5.82 Å². The normalized spacial score (nSPS) is 12.3. The molecule has 0 aliphatic rings. The molecule has 0 N–H and O–H groups in total. The molecular weight excluding hydrogens is 183 g/mol. The van der Waals surface area contributed by atoms with Gasteiger partial charge in [-0.25, -0.2) is 4.39 Å². The second kappa shape index (κ2) is 3.64. The fraction of sp³-hybridized carbons (Fsp3) is 0. The Morgan fingerprint density at radius 2 is 1.69 bits per heavy atom. The van der Waals surface area contributed by atoms with Gasteiger partial charge in [-0.3, -0.25) is 0 Å². The lowest BCUT2D eigenvalue weighted by Crippen LogP contribution is -2.09. The molecule has 0 radical (unpaired) electrons. The molecule has 0 bridgehead atoms. The highest BCUT2D eigenvalue weighted by atomic mass is 19.4. The van der Waals surface area contributed by atoms with E-state index in [1.54, 1.807) is 0 Å². The van der Waals surface area contributed by atoms with Crippen LogP contribution in [0.2, 0.25) is 0 Å². The quantitative estimate of drug-likeness (QED) is 0.494. The van der Waals surface area contributed by atoms with E-state index in [2.05, 4.69) is 0 Å². The summed E-state index contributed by atoms with van der Waals surface area (Å²) in [6.07, 6.45) is 0.731. The summed E-state index contributed by atoms with van der Waals surface area (Å²) >= 11 is 0. The molecule has 0 unspecified atom stereocenters. The zero-order valence-electron chi connectivity index (χ0n) is 6.55. The van der Waals surface area contributed by atoms with E-state index < -0.39 is 12.8 Å². The van der Waals surface area contributed by atoms with Crippen LogP contribution in [0.25, 0.3) is 6.08 Å². The number of halogens is 4. The molecule has 0 aliphatic carbocycles. The predicted octanol–water partition coefficient (Wildman–Crippen LogP) is 3.23.